The van der Waals surface area contributed by atoms with Crippen LogP contribution in [0.15, 0.2) is 67.0 Å². The zero-order valence-corrected chi connectivity index (χ0v) is 21.2. The number of pyridine rings is 1. The van der Waals surface area contributed by atoms with Crippen molar-refractivity contribution in [2.24, 2.45) is 0 Å². The lowest BCUT2D eigenvalue weighted by Gasteiger charge is -2.39. The summed E-state index contributed by atoms with van der Waals surface area (Å²) in [6.07, 6.45) is 4.26. The summed E-state index contributed by atoms with van der Waals surface area (Å²) in [5.74, 6) is 0.839. The van der Waals surface area contributed by atoms with Crippen molar-refractivity contribution in [3.05, 3.63) is 89.2 Å². The molecule has 1 saturated heterocycles. The van der Waals surface area contributed by atoms with Crippen LogP contribution in [-0.4, -0.2) is 65.4 Å². The van der Waals surface area contributed by atoms with Gasteiger partial charge in [0.2, 0.25) is 5.91 Å². The van der Waals surface area contributed by atoms with Crippen LogP contribution in [0.25, 0.3) is 0 Å². The summed E-state index contributed by atoms with van der Waals surface area (Å²) < 4.78 is 12.5. The van der Waals surface area contributed by atoms with Crippen LogP contribution in [-0.2, 0) is 22.7 Å². The van der Waals surface area contributed by atoms with Gasteiger partial charge in [-0.3, -0.25) is 19.5 Å². The average molecular weight is 501 g/mol. The monoisotopic (exact) mass is 500 g/mol. The highest BCUT2D eigenvalue weighted by Crippen LogP contribution is 2.28. The molecule has 0 unspecified atom stereocenters. The van der Waals surface area contributed by atoms with E-state index in [0.29, 0.717) is 30.2 Å². The highest BCUT2D eigenvalue weighted by atomic mass is 16.5. The first-order valence-electron chi connectivity index (χ1n) is 12.6. The molecule has 1 aromatic heterocycles. The van der Waals surface area contributed by atoms with E-state index in [1.165, 1.54) is 4.90 Å². The van der Waals surface area contributed by atoms with Crippen molar-refractivity contribution in [2.75, 3.05) is 26.7 Å². The molecule has 2 aliphatic heterocycles. The smallest absolute Gasteiger partial charge is 0.254 e. The van der Waals surface area contributed by atoms with Gasteiger partial charge in [0.05, 0.1) is 25.3 Å². The Morgan fingerprint density at radius 1 is 1.11 bits per heavy atom. The first kappa shape index (κ1) is 24.9. The third-order valence-corrected chi connectivity index (χ3v) is 6.86. The number of likely N-dealkylation sites (N-methyl/N-ethyl adjacent to an activating group) is 1. The van der Waals surface area contributed by atoms with Crippen molar-refractivity contribution in [3.8, 4) is 11.5 Å². The maximum Gasteiger partial charge on any atom is 0.254 e. The van der Waals surface area contributed by atoms with E-state index in [9.17, 15) is 9.59 Å². The molecule has 2 aliphatic rings. The van der Waals surface area contributed by atoms with Crippen molar-refractivity contribution in [3.63, 3.8) is 0 Å². The summed E-state index contributed by atoms with van der Waals surface area (Å²) in [6, 6.07) is 16.9. The molecule has 8 nitrogen and oxygen atoms in total. The van der Waals surface area contributed by atoms with Crippen LogP contribution in [0.3, 0.4) is 0 Å². The molecule has 8 heteroatoms. The Labute approximate surface area is 217 Å². The number of nitrogens with one attached hydrogen (secondary N) is 1. The van der Waals surface area contributed by atoms with Gasteiger partial charge in [0.15, 0.2) is 0 Å². The number of fused-ring (bicyclic) bond motifs is 5. The number of carbonyl (C=O) groups excluding carboxylic acids is 2. The Morgan fingerprint density at radius 2 is 2.00 bits per heavy atom. The maximum atomic E-state index is 13.1. The van der Waals surface area contributed by atoms with E-state index in [4.69, 9.17) is 9.47 Å². The number of aromatic nitrogens is 1. The first-order chi connectivity index (χ1) is 17.9. The molecular formula is C29H32N4O4. The lowest BCUT2D eigenvalue weighted by atomic mass is 10.0. The number of rotatable bonds is 2. The first-order valence-corrected chi connectivity index (χ1v) is 12.6. The van der Waals surface area contributed by atoms with Gasteiger partial charge < -0.3 is 19.7 Å². The van der Waals surface area contributed by atoms with Gasteiger partial charge in [-0.1, -0.05) is 24.3 Å². The van der Waals surface area contributed by atoms with Gasteiger partial charge in [0.1, 0.15) is 11.5 Å². The Balaban J connectivity index is 1.40. The molecule has 0 radical (unpaired) electrons. The second-order valence-corrected chi connectivity index (χ2v) is 9.80. The Bertz CT molecular complexity index is 1270. The van der Waals surface area contributed by atoms with Gasteiger partial charge in [-0.25, -0.2) is 0 Å². The Hall–Kier alpha value is -3.75. The van der Waals surface area contributed by atoms with Crippen molar-refractivity contribution in [1.82, 2.24) is 20.1 Å². The number of hydrogen-bond donors (Lipinski definition) is 1. The largest absolute Gasteiger partial charge is 0.457 e. The number of hydrogen-bond acceptors (Lipinski definition) is 6. The second-order valence-electron chi connectivity index (χ2n) is 9.80. The van der Waals surface area contributed by atoms with E-state index < -0.39 is 0 Å². The molecule has 3 aromatic rings. The summed E-state index contributed by atoms with van der Waals surface area (Å²) in [5, 5.41) is 3.15. The van der Waals surface area contributed by atoms with Gasteiger partial charge >= 0.3 is 0 Å². The van der Waals surface area contributed by atoms with Gasteiger partial charge in [-0.15, -0.1) is 0 Å². The normalized spacial score (nSPS) is 21.1. The summed E-state index contributed by atoms with van der Waals surface area (Å²) >= 11 is 0. The number of carbonyl (C=O) groups is 2. The third-order valence-electron chi connectivity index (χ3n) is 6.86. The van der Waals surface area contributed by atoms with Gasteiger partial charge in [0, 0.05) is 44.6 Å². The topological polar surface area (TPSA) is 84.0 Å². The fraction of sp³-hybridized carbons (Fsp3) is 0.345. The fourth-order valence-electron chi connectivity index (χ4n) is 4.86. The number of amides is 2. The molecule has 2 amide bonds. The summed E-state index contributed by atoms with van der Waals surface area (Å²) in [4.78, 5) is 34.1. The molecular weight excluding hydrogens is 468 g/mol. The number of aryl methyl sites for hydroxylation is 1. The standard InChI is InChI=1S/C29H32N4O4/c1-20-8-9-23-14-27(20)37-24-7-3-5-21(13-24)19-36-26-10-12-33(16-22-6-4-11-30-15-22)17-25(26)31-28(34)18-32(2)29(23)35/h3-9,11,13-15,25-26H,10,12,16-19H2,1-2H3,(H,31,34)/t25-,26+/m0/s1. The van der Waals surface area contributed by atoms with Crippen molar-refractivity contribution in [1.29, 1.82) is 0 Å². The van der Waals surface area contributed by atoms with Crippen molar-refractivity contribution < 1.29 is 19.1 Å². The SMILES string of the molecule is Cc1ccc2cc1Oc1cccc(c1)CO[C@@H]1CCN(Cc3cccnc3)C[C@@H]1NC(=O)CN(C)C2=O. The van der Waals surface area contributed by atoms with Crippen molar-refractivity contribution in [2.45, 2.75) is 38.6 Å². The minimum atomic E-state index is -0.240. The number of ether oxygens (including phenoxy) is 2. The molecule has 3 heterocycles. The zero-order valence-electron chi connectivity index (χ0n) is 21.2. The van der Waals surface area contributed by atoms with Gasteiger partial charge in [-0.05, 0) is 60.4 Å². The van der Waals surface area contributed by atoms with E-state index >= 15 is 0 Å². The molecule has 37 heavy (non-hydrogen) atoms. The van der Waals surface area contributed by atoms with E-state index in [2.05, 4.69) is 21.3 Å². The molecule has 5 rings (SSSR count). The summed E-state index contributed by atoms with van der Waals surface area (Å²) in [5.41, 5.74) is 3.50. The number of benzene rings is 2. The zero-order chi connectivity index (χ0) is 25.8. The molecule has 1 fully saturated rings. The van der Waals surface area contributed by atoms with Crippen LogP contribution in [0, 0.1) is 6.92 Å². The summed E-state index contributed by atoms with van der Waals surface area (Å²) in [7, 11) is 1.64. The van der Waals surface area contributed by atoms with Gasteiger partial charge in [-0.2, -0.15) is 0 Å². The minimum absolute atomic E-state index is 0.0478. The average Bonchev–Trinajstić information content (AvgIpc) is 2.89. The van der Waals surface area contributed by atoms with Crippen LogP contribution in [0.1, 0.15) is 33.5 Å². The van der Waals surface area contributed by atoms with E-state index in [1.807, 2.05) is 49.5 Å². The van der Waals surface area contributed by atoms with Crippen LogP contribution < -0.4 is 10.1 Å². The maximum absolute atomic E-state index is 13.1. The van der Waals surface area contributed by atoms with Crippen LogP contribution in [0.2, 0.25) is 0 Å². The van der Waals surface area contributed by atoms with E-state index in [0.717, 1.165) is 36.2 Å². The molecule has 2 atom stereocenters. The van der Waals surface area contributed by atoms with Crippen LogP contribution in [0.4, 0.5) is 0 Å². The fourth-order valence-corrected chi connectivity index (χ4v) is 4.86. The Morgan fingerprint density at radius 3 is 2.84 bits per heavy atom. The lowest BCUT2D eigenvalue weighted by molar-refractivity contribution is -0.125. The number of piperidine rings is 1. The van der Waals surface area contributed by atoms with Crippen LogP contribution >= 0.6 is 0 Å². The highest BCUT2D eigenvalue weighted by molar-refractivity contribution is 5.96. The molecule has 1 N–H and O–H groups in total. The molecule has 192 valence electrons. The lowest BCUT2D eigenvalue weighted by Crippen LogP contribution is -2.57. The minimum Gasteiger partial charge on any atom is -0.457 e. The molecule has 4 bridgehead atoms. The van der Waals surface area contributed by atoms with Crippen molar-refractivity contribution >= 4 is 11.8 Å². The summed E-state index contributed by atoms with van der Waals surface area (Å²) in [6.45, 7) is 4.55. The number of likely N-dealkylation sites (tertiary alicyclic amines) is 1. The quantitative estimate of drug-likeness (QED) is 0.580. The predicted molar refractivity (Wildman–Crippen MR) is 139 cm³/mol. The second kappa shape index (κ2) is 11.1. The highest BCUT2D eigenvalue weighted by Gasteiger charge is 2.32. The Kier molecular flexibility index (Phi) is 7.48. The molecule has 2 aromatic carbocycles. The van der Waals surface area contributed by atoms with E-state index in [1.54, 1.807) is 25.4 Å². The molecule has 0 spiro atoms. The van der Waals surface area contributed by atoms with Crippen LogP contribution in [0.5, 0.6) is 11.5 Å². The molecule has 0 aliphatic carbocycles. The number of nitrogens with zero attached hydrogens (tertiary/aromatic N) is 3. The predicted octanol–water partition coefficient (Wildman–Crippen LogP) is 3.54. The third kappa shape index (κ3) is 6.15. The van der Waals surface area contributed by atoms with Gasteiger partial charge in [0.25, 0.3) is 5.91 Å². The molecule has 0 saturated carbocycles. The van der Waals surface area contributed by atoms with E-state index in [-0.39, 0.29) is 30.5 Å².